The van der Waals surface area contributed by atoms with E-state index >= 15 is 0 Å². The SMILES string of the molecule is CCON(C(C)C)S(=O)(=O)c1cc(OC)ccc1OC(F)F. The molecule has 0 aliphatic carbocycles. The van der Waals surface area contributed by atoms with E-state index in [-0.39, 0.29) is 12.4 Å². The minimum atomic E-state index is -4.20. The molecule has 0 saturated carbocycles. The number of alkyl halides is 2. The first-order chi connectivity index (χ1) is 10.2. The van der Waals surface area contributed by atoms with Crippen LogP contribution in [0.15, 0.2) is 23.1 Å². The normalized spacial score (nSPS) is 12.2. The van der Waals surface area contributed by atoms with Crippen molar-refractivity contribution in [1.82, 2.24) is 4.47 Å². The van der Waals surface area contributed by atoms with Crippen LogP contribution < -0.4 is 9.47 Å². The molecule has 0 fully saturated rings. The second kappa shape index (κ2) is 7.70. The predicted molar refractivity (Wildman–Crippen MR) is 75.4 cm³/mol. The highest BCUT2D eigenvalue weighted by atomic mass is 32.2. The monoisotopic (exact) mass is 339 g/mol. The first kappa shape index (κ1) is 18.6. The van der Waals surface area contributed by atoms with Gasteiger partial charge in [0.25, 0.3) is 10.0 Å². The van der Waals surface area contributed by atoms with Crippen molar-refractivity contribution in [3.8, 4) is 11.5 Å². The third kappa shape index (κ3) is 4.28. The Morgan fingerprint density at radius 2 is 1.91 bits per heavy atom. The fourth-order valence-corrected chi connectivity index (χ4v) is 3.36. The highest BCUT2D eigenvalue weighted by Gasteiger charge is 2.32. The molecule has 0 radical (unpaired) electrons. The van der Waals surface area contributed by atoms with Crippen LogP contribution in [0, 0.1) is 0 Å². The molecule has 0 N–H and O–H groups in total. The fourth-order valence-electron chi connectivity index (χ4n) is 1.73. The average molecular weight is 339 g/mol. The molecule has 0 bridgehead atoms. The van der Waals surface area contributed by atoms with Crippen LogP contribution >= 0.6 is 0 Å². The summed E-state index contributed by atoms with van der Waals surface area (Å²) in [6, 6.07) is 3.02. The lowest BCUT2D eigenvalue weighted by Crippen LogP contribution is -2.37. The number of ether oxygens (including phenoxy) is 2. The maximum Gasteiger partial charge on any atom is 0.387 e. The molecule has 0 saturated heterocycles. The number of hydroxylamine groups is 1. The summed E-state index contributed by atoms with van der Waals surface area (Å²) in [6.45, 7) is 1.77. The molecule has 0 aromatic heterocycles. The van der Waals surface area contributed by atoms with E-state index in [1.165, 1.54) is 13.2 Å². The number of nitrogens with zero attached hydrogens (tertiary/aromatic N) is 1. The van der Waals surface area contributed by atoms with Crippen LogP contribution in [0.3, 0.4) is 0 Å². The molecule has 0 heterocycles. The number of hydrogen-bond donors (Lipinski definition) is 0. The zero-order valence-corrected chi connectivity index (χ0v) is 13.6. The van der Waals surface area contributed by atoms with Crippen molar-refractivity contribution in [2.24, 2.45) is 0 Å². The second-order valence-corrected chi connectivity index (χ2v) is 6.21. The highest BCUT2D eigenvalue weighted by Crippen LogP contribution is 2.32. The molecule has 0 amide bonds. The van der Waals surface area contributed by atoms with Gasteiger partial charge in [0.05, 0.1) is 13.7 Å². The van der Waals surface area contributed by atoms with Gasteiger partial charge in [0.15, 0.2) is 0 Å². The lowest BCUT2D eigenvalue weighted by atomic mass is 10.3. The van der Waals surface area contributed by atoms with Crippen LogP contribution in [0.5, 0.6) is 11.5 Å². The van der Waals surface area contributed by atoms with Gasteiger partial charge in [-0.2, -0.15) is 8.78 Å². The van der Waals surface area contributed by atoms with Crippen LogP contribution in [-0.4, -0.2) is 39.3 Å². The Morgan fingerprint density at radius 1 is 1.27 bits per heavy atom. The average Bonchev–Trinajstić information content (AvgIpc) is 2.43. The zero-order chi connectivity index (χ0) is 16.9. The third-order valence-electron chi connectivity index (χ3n) is 2.56. The van der Waals surface area contributed by atoms with E-state index in [2.05, 4.69) is 4.74 Å². The van der Waals surface area contributed by atoms with Crippen molar-refractivity contribution in [3.05, 3.63) is 18.2 Å². The first-order valence-corrected chi connectivity index (χ1v) is 7.98. The molecule has 0 aliphatic rings. The van der Waals surface area contributed by atoms with Gasteiger partial charge < -0.3 is 9.47 Å². The summed E-state index contributed by atoms with van der Waals surface area (Å²) in [4.78, 5) is 4.67. The molecule has 6 nitrogen and oxygen atoms in total. The second-order valence-electron chi connectivity index (χ2n) is 4.46. The van der Waals surface area contributed by atoms with Crippen molar-refractivity contribution < 1.29 is 31.5 Å². The summed E-state index contributed by atoms with van der Waals surface area (Å²) >= 11 is 0. The molecule has 9 heteroatoms. The summed E-state index contributed by atoms with van der Waals surface area (Å²) in [7, 11) is -2.86. The van der Waals surface area contributed by atoms with Gasteiger partial charge in [-0.1, -0.05) is 4.47 Å². The van der Waals surface area contributed by atoms with E-state index in [0.717, 1.165) is 16.6 Å². The number of sulfonamides is 1. The molecular formula is C13H19F2NO5S. The van der Waals surface area contributed by atoms with E-state index in [9.17, 15) is 17.2 Å². The Hall–Kier alpha value is -1.45. The Morgan fingerprint density at radius 3 is 2.36 bits per heavy atom. The van der Waals surface area contributed by atoms with Crippen molar-refractivity contribution in [2.75, 3.05) is 13.7 Å². The van der Waals surface area contributed by atoms with E-state index in [4.69, 9.17) is 9.57 Å². The third-order valence-corrected chi connectivity index (χ3v) is 4.44. The summed E-state index contributed by atoms with van der Waals surface area (Å²) in [5.41, 5.74) is 0. The van der Waals surface area contributed by atoms with Gasteiger partial charge in [-0.05, 0) is 32.9 Å². The molecule has 1 aromatic carbocycles. The Balaban J connectivity index is 3.42. The van der Waals surface area contributed by atoms with Gasteiger partial charge in [-0.15, -0.1) is 0 Å². The molecular weight excluding hydrogens is 320 g/mol. The van der Waals surface area contributed by atoms with Crippen LogP contribution in [0.2, 0.25) is 0 Å². The minimum Gasteiger partial charge on any atom is -0.497 e. The minimum absolute atomic E-state index is 0.104. The van der Waals surface area contributed by atoms with Crippen molar-refractivity contribution in [3.63, 3.8) is 0 Å². The standard InChI is InChI=1S/C13H19F2NO5S/c1-5-20-16(9(2)3)22(17,18)12-8-10(19-4)6-7-11(12)21-13(14)15/h6-9,13H,5H2,1-4H3. The van der Waals surface area contributed by atoms with Gasteiger partial charge in [0.1, 0.15) is 16.4 Å². The number of methoxy groups -OCH3 is 1. The summed E-state index contributed by atoms with van der Waals surface area (Å²) in [5, 5.41) is 0. The fraction of sp³-hybridized carbons (Fsp3) is 0.538. The first-order valence-electron chi connectivity index (χ1n) is 6.54. The zero-order valence-electron chi connectivity index (χ0n) is 12.7. The lowest BCUT2D eigenvalue weighted by molar-refractivity contribution is -0.0989. The molecule has 1 rings (SSSR count). The number of rotatable bonds is 8. The number of halogens is 2. The molecule has 1 aromatic rings. The van der Waals surface area contributed by atoms with Gasteiger partial charge in [0, 0.05) is 12.1 Å². The predicted octanol–water partition coefficient (Wildman–Crippen LogP) is 2.65. The Bertz CT molecular complexity index is 592. The molecule has 0 spiro atoms. The summed E-state index contributed by atoms with van der Waals surface area (Å²) in [6.07, 6.45) is 0. The van der Waals surface area contributed by atoms with Gasteiger partial charge in [0.2, 0.25) is 0 Å². The summed E-state index contributed by atoms with van der Waals surface area (Å²) < 4.78 is 60.3. The smallest absolute Gasteiger partial charge is 0.387 e. The number of hydrogen-bond acceptors (Lipinski definition) is 5. The van der Waals surface area contributed by atoms with E-state index < -0.39 is 33.3 Å². The van der Waals surface area contributed by atoms with E-state index in [1.807, 2.05) is 0 Å². The van der Waals surface area contributed by atoms with Crippen molar-refractivity contribution in [1.29, 1.82) is 0 Å². The molecule has 0 atom stereocenters. The summed E-state index contributed by atoms with van der Waals surface area (Å²) in [5.74, 6) is -0.276. The molecule has 126 valence electrons. The lowest BCUT2D eigenvalue weighted by Gasteiger charge is -2.25. The topological polar surface area (TPSA) is 65.1 Å². The molecule has 22 heavy (non-hydrogen) atoms. The Labute approximate surface area is 128 Å². The van der Waals surface area contributed by atoms with E-state index in [0.29, 0.717) is 0 Å². The van der Waals surface area contributed by atoms with Crippen LogP contribution in [-0.2, 0) is 14.9 Å². The maximum absolute atomic E-state index is 12.7. The molecule has 0 aliphatic heterocycles. The van der Waals surface area contributed by atoms with Crippen LogP contribution in [0.25, 0.3) is 0 Å². The Kier molecular flexibility index (Phi) is 6.51. The van der Waals surface area contributed by atoms with Gasteiger partial charge >= 0.3 is 6.61 Å². The van der Waals surface area contributed by atoms with Crippen LogP contribution in [0.1, 0.15) is 20.8 Å². The maximum atomic E-state index is 12.7. The quantitative estimate of drug-likeness (QED) is 0.681. The van der Waals surface area contributed by atoms with Crippen molar-refractivity contribution >= 4 is 10.0 Å². The van der Waals surface area contributed by atoms with Crippen molar-refractivity contribution in [2.45, 2.75) is 38.3 Å². The van der Waals surface area contributed by atoms with Crippen LogP contribution in [0.4, 0.5) is 8.78 Å². The molecule has 0 unspecified atom stereocenters. The number of benzene rings is 1. The highest BCUT2D eigenvalue weighted by molar-refractivity contribution is 7.89. The van der Waals surface area contributed by atoms with Gasteiger partial charge in [-0.25, -0.2) is 8.42 Å². The van der Waals surface area contributed by atoms with E-state index in [1.54, 1.807) is 20.8 Å². The van der Waals surface area contributed by atoms with Gasteiger partial charge in [-0.3, -0.25) is 4.84 Å². The largest absolute Gasteiger partial charge is 0.497 e.